The monoisotopic (exact) mass is 281 g/mol. The van der Waals surface area contributed by atoms with Crippen LogP contribution < -0.4 is 10.5 Å². The second-order valence-corrected chi connectivity index (χ2v) is 5.67. The summed E-state index contributed by atoms with van der Waals surface area (Å²) in [7, 11) is -3.77. The highest BCUT2D eigenvalue weighted by Crippen LogP contribution is 2.10. The molecule has 100 valence electrons. The molecular formula is C12H12FN3O2S. The fraction of sp³-hybridized carbons (Fsp3) is 0.0833. The Hall–Kier alpha value is -1.99. The topological polar surface area (TPSA) is 85.1 Å². The van der Waals surface area contributed by atoms with Crippen LogP contribution in [0.25, 0.3) is 0 Å². The van der Waals surface area contributed by atoms with Gasteiger partial charge in [-0.3, -0.25) is 4.98 Å². The summed E-state index contributed by atoms with van der Waals surface area (Å²) in [6, 6.07) is 7.68. The number of benzene rings is 1. The van der Waals surface area contributed by atoms with Crippen molar-refractivity contribution in [2.45, 2.75) is 11.4 Å². The molecule has 0 saturated carbocycles. The molecule has 1 aromatic heterocycles. The first-order valence-electron chi connectivity index (χ1n) is 5.42. The molecule has 0 amide bonds. The number of hydrogen-bond donors (Lipinski definition) is 2. The zero-order valence-corrected chi connectivity index (χ0v) is 10.7. The summed E-state index contributed by atoms with van der Waals surface area (Å²) in [4.78, 5) is 3.30. The minimum atomic E-state index is -3.77. The van der Waals surface area contributed by atoms with Crippen molar-refractivity contribution in [2.24, 2.45) is 0 Å². The van der Waals surface area contributed by atoms with Crippen LogP contribution in [-0.4, -0.2) is 13.4 Å². The molecule has 0 saturated heterocycles. The predicted molar refractivity (Wildman–Crippen MR) is 69.1 cm³/mol. The van der Waals surface area contributed by atoms with Gasteiger partial charge < -0.3 is 5.73 Å². The number of sulfonamides is 1. The van der Waals surface area contributed by atoms with E-state index >= 15 is 0 Å². The lowest BCUT2D eigenvalue weighted by atomic mass is 10.2. The van der Waals surface area contributed by atoms with E-state index in [2.05, 4.69) is 9.71 Å². The lowest BCUT2D eigenvalue weighted by molar-refractivity contribution is 0.575. The molecule has 0 radical (unpaired) electrons. The number of rotatable bonds is 4. The number of nitrogens with one attached hydrogen (secondary N) is 1. The van der Waals surface area contributed by atoms with Crippen molar-refractivity contribution < 1.29 is 12.8 Å². The van der Waals surface area contributed by atoms with Crippen molar-refractivity contribution in [2.75, 3.05) is 5.73 Å². The number of nitrogen functional groups attached to an aromatic ring is 1. The maximum absolute atomic E-state index is 12.9. The van der Waals surface area contributed by atoms with Gasteiger partial charge in [-0.25, -0.2) is 17.5 Å². The van der Waals surface area contributed by atoms with Crippen LogP contribution in [0.5, 0.6) is 0 Å². The quantitative estimate of drug-likeness (QED) is 0.827. The molecule has 3 N–H and O–H groups in total. The number of nitrogens with zero attached hydrogens (tertiary/aromatic N) is 1. The van der Waals surface area contributed by atoms with E-state index in [-0.39, 0.29) is 11.4 Å². The molecule has 0 fully saturated rings. The van der Waals surface area contributed by atoms with Crippen molar-refractivity contribution in [3.63, 3.8) is 0 Å². The number of anilines is 1. The first-order valence-corrected chi connectivity index (χ1v) is 6.90. The molecule has 0 atom stereocenters. The molecule has 0 spiro atoms. The molecule has 0 bridgehead atoms. The molecule has 5 nitrogen and oxygen atoms in total. The third kappa shape index (κ3) is 3.49. The SMILES string of the molecule is Nc1ccc(CNS(=O)(=O)c2cncc(F)c2)cc1. The number of hydrogen-bond acceptors (Lipinski definition) is 4. The van der Waals surface area contributed by atoms with Crippen LogP contribution in [0.4, 0.5) is 10.1 Å². The largest absolute Gasteiger partial charge is 0.399 e. The molecule has 2 rings (SSSR count). The van der Waals surface area contributed by atoms with Gasteiger partial charge in [0.15, 0.2) is 0 Å². The second-order valence-electron chi connectivity index (χ2n) is 3.90. The molecule has 19 heavy (non-hydrogen) atoms. The van der Waals surface area contributed by atoms with Crippen LogP contribution in [0.1, 0.15) is 5.56 Å². The van der Waals surface area contributed by atoms with Gasteiger partial charge in [-0.05, 0) is 23.8 Å². The molecule has 0 aliphatic carbocycles. The highest BCUT2D eigenvalue weighted by Gasteiger charge is 2.14. The van der Waals surface area contributed by atoms with Gasteiger partial charge in [0.05, 0.1) is 6.20 Å². The van der Waals surface area contributed by atoms with Gasteiger partial charge in [-0.1, -0.05) is 12.1 Å². The molecule has 1 heterocycles. The van der Waals surface area contributed by atoms with E-state index in [1.165, 1.54) is 0 Å². The van der Waals surface area contributed by atoms with Gasteiger partial charge >= 0.3 is 0 Å². The third-order valence-electron chi connectivity index (χ3n) is 2.44. The van der Waals surface area contributed by atoms with Gasteiger partial charge in [-0.15, -0.1) is 0 Å². The zero-order valence-electron chi connectivity index (χ0n) is 9.88. The Morgan fingerprint density at radius 1 is 1.21 bits per heavy atom. The average Bonchev–Trinajstić information content (AvgIpc) is 2.38. The molecule has 2 aromatic rings. The Labute approximate surface area is 110 Å². The third-order valence-corrected chi connectivity index (χ3v) is 3.80. The molecular weight excluding hydrogens is 269 g/mol. The molecule has 1 aromatic carbocycles. The van der Waals surface area contributed by atoms with Gasteiger partial charge in [0.1, 0.15) is 10.7 Å². The van der Waals surface area contributed by atoms with Gasteiger partial charge in [-0.2, -0.15) is 0 Å². The highest BCUT2D eigenvalue weighted by atomic mass is 32.2. The normalized spacial score (nSPS) is 11.4. The molecule has 0 aliphatic rings. The predicted octanol–water partition coefficient (Wildman–Crippen LogP) is 1.28. The van der Waals surface area contributed by atoms with Crippen molar-refractivity contribution in [1.82, 2.24) is 9.71 Å². The van der Waals surface area contributed by atoms with E-state index < -0.39 is 15.8 Å². The molecule has 0 aliphatic heterocycles. The van der Waals surface area contributed by atoms with E-state index in [0.29, 0.717) is 5.69 Å². The lowest BCUT2D eigenvalue weighted by Crippen LogP contribution is -2.23. The lowest BCUT2D eigenvalue weighted by Gasteiger charge is -2.06. The van der Waals surface area contributed by atoms with Crippen LogP contribution in [0.3, 0.4) is 0 Å². The average molecular weight is 281 g/mol. The fourth-order valence-electron chi connectivity index (χ4n) is 1.44. The first kappa shape index (κ1) is 13.4. The van der Waals surface area contributed by atoms with Crippen molar-refractivity contribution in [3.05, 3.63) is 54.1 Å². The van der Waals surface area contributed by atoms with E-state index in [9.17, 15) is 12.8 Å². The Bertz CT molecular complexity index is 672. The Balaban J connectivity index is 2.12. The van der Waals surface area contributed by atoms with Crippen LogP contribution >= 0.6 is 0 Å². The summed E-state index contributed by atoms with van der Waals surface area (Å²) in [5, 5.41) is 0. The van der Waals surface area contributed by atoms with Gasteiger partial charge in [0.2, 0.25) is 10.0 Å². The number of pyridine rings is 1. The standard InChI is InChI=1S/C12H12FN3O2S/c13-10-5-12(8-15-7-10)19(17,18)16-6-9-1-3-11(14)4-2-9/h1-5,7-8,16H,6,14H2. The summed E-state index contributed by atoms with van der Waals surface area (Å²) >= 11 is 0. The number of nitrogens with two attached hydrogens (primary N) is 1. The van der Waals surface area contributed by atoms with Crippen LogP contribution in [0.15, 0.2) is 47.6 Å². The van der Waals surface area contributed by atoms with E-state index in [1.54, 1.807) is 24.3 Å². The molecule has 0 unspecified atom stereocenters. The summed E-state index contributed by atoms with van der Waals surface area (Å²) in [5.41, 5.74) is 6.88. The summed E-state index contributed by atoms with van der Waals surface area (Å²) in [5.74, 6) is -0.699. The van der Waals surface area contributed by atoms with E-state index in [0.717, 1.165) is 24.0 Å². The minimum Gasteiger partial charge on any atom is -0.399 e. The number of aromatic nitrogens is 1. The van der Waals surface area contributed by atoms with Crippen LogP contribution in [0, 0.1) is 5.82 Å². The summed E-state index contributed by atoms with van der Waals surface area (Å²) in [6.45, 7) is 0.0964. The zero-order chi connectivity index (χ0) is 13.9. The Morgan fingerprint density at radius 3 is 2.53 bits per heavy atom. The van der Waals surface area contributed by atoms with E-state index in [4.69, 9.17) is 5.73 Å². The van der Waals surface area contributed by atoms with Crippen molar-refractivity contribution in [1.29, 1.82) is 0 Å². The smallest absolute Gasteiger partial charge is 0.242 e. The maximum atomic E-state index is 12.9. The van der Waals surface area contributed by atoms with Crippen LogP contribution in [-0.2, 0) is 16.6 Å². The van der Waals surface area contributed by atoms with Gasteiger partial charge in [0.25, 0.3) is 0 Å². The highest BCUT2D eigenvalue weighted by molar-refractivity contribution is 7.89. The summed E-state index contributed by atoms with van der Waals surface area (Å²) < 4.78 is 39.1. The van der Waals surface area contributed by atoms with Crippen molar-refractivity contribution >= 4 is 15.7 Å². The first-order chi connectivity index (χ1) is 8.97. The van der Waals surface area contributed by atoms with Gasteiger partial charge in [0, 0.05) is 18.4 Å². The summed E-state index contributed by atoms with van der Waals surface area (Å²) in [6.07, 6.45) is 2.04. The Morgan fingerprint density at radius 2 is 1.89 bits per heavy atom. The minimum absolute atomic E-state index is 0.0964. The fourth-order valence-corrected chi connectivity index (χ4v) is 2.43. The van der Waals surface area contributed by atoms with Crippen LogP contribution in [0.2, 0.25) is 0 Å². The number of halogens is 1. The van der Waals surface area contributed by atoms with E-state index in [1.807, 2.05) is 0 Å². The maximum Gasteiger partial charge on any atom is 0.242 e. The molecule has 7 heteroatoms. The van der Waals surface area contributed by atoms with Crippen molar-refractivity contribution in [3.8, 4) is 0 Å². The second kappa shape index (κ2) is 5.33. The Kier molecular flexibility index (Phi) is 3.77.